The normalized spacial score (nSPS) is 18.4. The standard InChI is InChI=1S/C15H19N3O4S/c1-3-14(19)16-12-6-4-11(5-7-12)15(20)17-13-8-9-18(10-13)23(2,21)22/h3-7,13H,1,8-10H2,2H3,(H,16,19)(H,17,20). The molecule has 0 aromatic heterocycles. The van der Waals surface area contributed by atoms with Crippen LogP contribution in [0.4, 0.5) is 5.69 Å². The van der Waals surface area contributed by atoms with Crippen LogP contribution in [0.5, 0.6) is 0 Å². The lowest BCUT2D eigenvalue weighted by atomic mass is 10.1. The summed E-state index contributed by atoms with van der Waals surface area (Å²) in [6.45, 7) is 4.06. The van der Waals surface area contributed by atoms with Crippen molar-refractivity contribution < 1.29 is 18.0 Å². The number of benzene rings is 1. The number of hydrogen-bond donors (Lipinski definition) is 2. The Balaban J connectivity index is 1.94. The van der Waals surface area contributed by atoms with Crippen molar-refractivity contribution in [1.29, 1.82) is 0 Å². The van der Waals surface area contributed by atoms with Crippen LogP contribution in [0.2, 0.25) is 0 Å². The Hall–Kier alpha value is -2.19. The highest BCUT2D eigenvalue weighted by Gasteiger charge is 2.29. The molecule has 1 saturated heterocycles. The van der Waals surface area contributed by atoms with E-state index < -0.39 is 10.0 Å². The first-order valence-electron chi connectivity index (χ1n) is 7.09. The molecule has 1 aliphatic heterocycles. The van der Waals surface area contributed by atoms with Crippen LogP contribution in [0.25, 0.3) is 0 Å². The van der Waals surface area contributed by atoms with Gasteiger partial charge < -0.3 is 10.6 Å². The van der Waals surface area contributed by atoms with Gasteiger partial charge in [-0.15, -0.1) is 0 Å². The summed E-state index contributed by atoms with van der Waals surface area (Å²) < 4.78 is 24.3. The number of amides is 2. The average Bonchev–Trinajstić information content (AvgIpc) is 2.96. The van der Waals surface area contributed by atoms with Gasteiger partial charge in [-0.1, -0.05) is 6.58 Å². The predicted molar refractivity (Wildman–Crippen MR) is 87.6 cm³/mol. The van der Waals surface area contributed by atoms with Crippen LogP contribution in [0.15, 0.2) is 36.9 Å². The first kappa shape index (κ1) is 17.2. The predicted octanol–water partition coefficient (Wildman–Crippen LogP) is 0.575. The third-order valence-electron chi connectivity index (χ3n) is 3.56. The van der Waals surface area contributed by atoms with E-state index >= 15 is 0 Å². The zero-order valence-corrected chi connectivity index (χ0v) is 13.6. The smallest absolute Gasteiger partial charge is 0.251 e. The molecule has 1 unspecified atom stereocenters. The lowest BCUT2D eigenvalue weighted by molar-refractivity contribution is -0.111. The largest absolute Gasteiger partial charge is 0.348 e. The Labute approximate surface area is 135 Å². The van der Waals surface area contributed by atoms with Crippen LogP contribution < -0.4 is 10.6 Å². The van der Waals surface area contributed by atoms with Crippen molar-refractivity contribution in [1.82, 2.24) is 9.62 Å². The van der Waals surface area contributed by atoms with Gasteiger partial charge in [0, 0.05) is 30.4 Å². The van der Waals surface area contributed by atoms with Crippen molar-refractivity contribution in [3.63, 3.8) is 0 Å². The van der Waals surface area contributed by atoms with Gasteiger partial charge in [0.2, 0.25) is 15.9 Å². The maximum Gasteiger partial charge on any atom is 0.251 e. The van der Waals surface area contributed by atoms with Crippen LogP contribution in [-0.4, -0.2) is 49.9 Å². The Morgan fingerprint density at radius 2 is 1.96 bits per heavy atom. The lowest BCUT2D eigenvalue weighted by Crippen LogP contribution is -2.38. The molecular weight excluding hydrogens is 318 g/mol. The average molecular weight is 337 g/mol. The van der Waals surface area contributed by atoms with Crippen molar-refractivity contribution >= 4 is 27.5 Å². The Kier molecular flexibility index (Phi) is 5.17. The minimum atomic E-state index is -3.22. The molecule has 0 spiro atoms. The van der Waals surface area contributed by atoms with Gasteiger partial charge >= 0.3 is 0 Å². The van der Waals surface area contributed by atoms with E-state index in [9.17, 15) is 18.0 Å². The second-order valence-corrected chi connectivity index (χ2v) is 7.33. The fourth-order valence-corrected chi connectivity index (χ4v) is 3.20. The molecule has 0 bridgehead atoms. The van der Waals surface area contributed by atoms with Crippen LogP contribution in [0.1, 0.15) is 16.8 Å². The zero-order chi connectivity index (χ0) is 17.0. The molecule has 1 atom stereocenters. The molecule has 0 radical (unpaired) electrons. The quantitative estimate of drug-likeness (QED) is 0.768. The highest BCUT2D eigenvalue weighted by atomic mass is 32.2. The summed E-state index contributed by atoms with van der Waals surface area (Å²) in [5.41, 5.74) is 1.01. The number of nitrogens with zero attached hydrogens (tertiary/aromatic N) is 1. The topological polar surface area (TPSA) is 95.6 Å². The molecule has 1 heterocycles. The van der Waals surface area contributed by atoms with Crippen LogP contribution in [0.3, 0.4) is 0 Å². The van der Waals surface area contributed by atoms with E-state index in [2.05, 4.69) is 17.2 Å². The fraction of sp³-hybridized carbons (Fsp3) is 0.333. The van der Waals surface area contributed by atoms with Crippen LogP contribution >= 0.6 is 0 Å². The number of carbonyl (C=O) groups excluding carboxylic acids is 2. The van der Waals surface area contributed by atoms with Crippen molar-refractivity contribution in [3.05, 3.63) is 42.5 Å². The molecule has 7 nitrogen and oxygen atoms in total. The Bertz CT molecular complexity index is 713. The number of anilines is 1. The number of rotatable bonds is 5. The molecule has 0 aliphatic carbocycles. The Morgan fingerprint density at radius 3 is 2.48 bits per heavy atom. The minimum absolute atomic E-state index is 0.197. The Morgan fingerprint density at radius 1 is 1.30 bits per heavy atom. The summed E-state index contributed by atoms with van der Waals surface area (Å²) in [7, 11) is -3.22. The summed E-state index contributed by atoms with van der Waals surface area (Å²) in [5, 5.41) is 5.41. The summed E-state index contributed by atoms with van der Waals surface area (Å²) in [5.74, 6) is -0.596. The summed E-state index contributed by atoms with van der Waals surface area (Å²) in [4.78, 5) is 23.3. The number of sulfonamides is 1. The fourth-order valence-electron chi connectivity index (χ4n) is 2.31. The molecule has 124 valence electrons. The van der Waals surface area contributed by atoms with Gasteiger partial charge in [-0.05, 0) is 36.8 Å². The maximum absolute atomic E-state index is 12.2. The highest BCUT2D eigenvalue weighted by molar-refractivity contribution is 7.88. The second-order valence-electron chi connectivity index (χ2n) is 5.35. The van der Waals surface area contributed by atoms with Crippen molar-refractivity contribution in [2.24, 2.45) is 0 Å². The number of nitrogens with one attached hydrogen (secondary N) is 2. The minimum Gasteiger partial charge on any atom is -0.348 e. The van der Waals surface area contributed by atoms with Crippen molar-refractivity contribution in [2.75, 3.05) is 24.7 Å². The van der Waals surface area contributed by atoms with E-state index in [4.69, 9.17) is 0 Å². The highest BCUT2D eigenvalue weighted by Crippen LogP contribution is 2.14. The zero-order valence-electron chi connectivity index (χ0n) is 12.8. The molecule has 2 amide bonds. The molecular formula is C15H19N3O4S. The lowest BCUT2D eigenvalue weighted by Gasteiger charge is -2.14. The van der Waals surface area contributed by atoms with Gasteiger partial charge in [0.1, 0.15) is 0 Å². The first-order chi connectivity index (χ1) is 10.8. The van der Waals surface area contributed by atoms with Crippen LogP contribution in [0, 0.1) is 0 Å². The van der Waals surface area contributed by atoms with Gasteiger partial charge in [-0.25, -0.2) is 12.7 Å². The third-order valence-corrected chi connectivity index (χ3v) is 4.82. The van der Waals surface area contributed by atoms with E-state index in [0.717, 1.165) is 12.3 Å². The molecule has 8 heteroatoms. The van der Waals surface area contributed by atoms with Gasteiger partial charge in [0.15, 0.2) is 0 Å². The van der Waals surface area contributed by atoms with Gasteiger partial charge in [0.05, 0.1) is 6.26 Å². The molecule has 1 fully saturated rings. The second kappa shape index (κ2) is 6.93. The number of carbonyl (C=O) groups is 2. The molecule has 1 aromatic carbocycles. The van der Waals surface area contributed by atoms with Crippen molar-refractivity contribution in [2.45, 2.75) is 12.5 Å². The van der Waals surface area contributed by atoms with Gasteiger partial charge in [-0.2, -0.15) is 0 Å². The van der Waals surface area contributed by atoms with E-state index in [1.165, 1.54) is 4.31 Å². The first-order valence-corrected chi connectivity index (χ1v) is 8.94. The molecule has 1 aromatic rings. The molecule has 2 N–H and O–H groups in total. The van der Waals surface area contributed by atoms with Crippen LogP contribution in [-0.2, 0) is 14.8 Å². The molecule has 2 rings (SSSR count). The van der Waals surface area contributed by atoms with E-state index in [1.54, 1.807) is 24.3 Å². The summed E-state index contributed by atoms with van der Waals surface area (Å²) in [6, 6.07) is 6.23. The van der Waals surface area contributed by atoms with Gasteiger partial charge in [0.25, 0.3) is 5.91 Å². The number of hydrogen-bond acceptors (Lipinski definition) is 4. The summed E-state index contributed by atoms with van der Waals surface area (Å²) >= 11 is 0. The van der Waals surface area contributed by atoms with Gasteiger partial charge in [-0.3, -0.25) is 9.59 Å². The molecule has 23 heavy (non-hydrogen) atoms. The molecule has 1 aliphatic rings. The molecule has 0 saturated carbocycles. The maximum atomic E-state index is 12.2. The SMILES string of the molecule is C=CC(=O)Nc1ccc(C(=O)NC2CCN(S(C)(=O)=O)C2)cc1. The third kappa shape index (κ3) is 4.64. The summed E-state index contributed by atoms with van der Waals surface area (Å²) in [6.07, 6.45) is 2.91. The van der Waals surface area contributed by atoms with E-state index in [-0.39, 0.29) is 24.4 Å². The van der Waals surface area contributed by atoms with E-state index in [1.807, 2.05) is 0 Å². The monoisotopic (exact) mass is 337 g/mol. The van der Waals surface area contributed by atoms with Crippen molar-refractivity contribution in [3.8, 4) is 0 Å². The van der Waals surface area contributed by atoms with E-state index in [0.29, 0.717) is 24.2 Å².